The first-order chi connectivity index (χ1) is 8.19. The lowest BCUT2D eigenvalue weighted by Gasteiger charge is -2.33. The van der Waals surface area contributed by atoms with Crippen LogP contribution in [0.4, 0.5) is 0 Å². The minimum absolute atomic E-state index is 0.378. The van der Waals surface area contributed by atoms with Crippen molar-refractivity contribution in [3.8, 4) is 5.75 Å². The summed E-state index contributed by atoms with van der Waals surface area (Å²) < 4.78 is 0. The van der Waals surface area contributed by atoms with E-state index < -0.39 is 0 Å². The van der Waals surface area contributed by atoms with Crippen molar-refractivity contribution in [2.45, 2.75) is 51.9 Å². The number of hydrogen-bond donors (Lipinski definition) is 1. The molecule has 1 aliphatic carbocycles. The number of hydrogen-bond acceptors (Lipinski definition) is 1. The summed E-state index contributed by atoms with van der Waals surface area (Å²) in [5.41, 5.74) is 1.41. The van der Waals surface area contributed by atoms with Gasteiger partial charge in [-0.05, 0) is 54.7 Å². The Morgan fingerprint density at radius 2 is 1.82 bits per heavy atom. The summed E-state index contributed by atoms with van der Waals surface area (Å²) in [7, 11) is 0. The van der Waals surface area contributed by atoms with Crippen molar-refractivity contribution in [2.24, 2.45) is 11.8 Å². The average Bonchev–Trinajstić information content (AvgIpc) is 2.29. The molecule has 1 nitrogen and oxygen atoms in total. The molecule has 0 heterocycles. The molecule has 3 atom stereocenters. The Bertz CT molecular complexity index is 341. The molecule has 0 spiro atoms. The minimum atomic E-state index is 0.378. The quantitative estimate of drug-likeness (QED) is 0.800. The fourth-order valence-corrected chi connectivity index (χ4v) is 3.41. The van der Waals surface area contributed by atoms with E-state index in [0.29, 0.717) is 11.7 Å². The highest BCUT2D eigenvalue weighted by molar-refractivity contribution is 5.28. The smallest absolute Gasteiger partial charge is 0.115 e. The largest absolute Gasteiger partial charge is 0.508 e. The molecule has 1 N–H and O–H groups in total. The van der Waals surface area contributed by atoms with Crippen molar-refractivity contribution >= 4 is 0 Å². The van der Waals surface area contributed by atoms with Gasteiger partial charge in [-0.2, -0.15) is 0 Å². The zero-order valence-corrected chi connectivity index (χ0v) is 11.0. The van der Waals surface area contributed by atoms with Crippen molar-refractivity contribution in [1.82, 2.24) is 0 Å². The molecule has 1 heteroatoms. The van der Waals surface area contributed by atoms with E-state index in [1.54, 1.807) is 0 Å². The number of phenolic OH excluding ortho intramolecular Hbond substituents is 1. The highest BCUT2D eigenvalue weighted by Crippen LogP contribution is 2.41. The van der Waals surface area contributed by atoms with E-state index in [4.69, 9.17) is 0 Å². The predicted octanol–water partition coefficient (Wildman–Crippen LogP) is 4.71. The molecular weight excluding hydrogens is 208 g/mol. The Morgan fingerprint density at radius 3 is 2.47 bits per heavy atom. The fourth-order valence-electron chi connectivity index (χ4n) is 3.41. The van der Waals surface area contributed by atoms with Gasteiger partial charge in [-0.3, -0.25) is 0 Å². The van der Waals surface area contributed by atoms with Gasteiger partial charge in [0.15, 0.2) is 0 Å². The molecule has 2 rings (SSSR count). The normalized spacial score (nSPS) is 29.2. The zero-order valence-electron chi connectivity index (χ0n) is 11.0. The lowest BCUT2D eigenvalue weighted by atomic mass is 9.72. The van der Waals surface area contributed by atoms with E-state index in [2.05, 4.69) is 26.0 Å². The van der Waals surface area contributed by atoms with E-state index in [1.807, 2.05) is 12.1 Å². The van der Waals surface area contributed by atoms with Gasteiger partial charge in [-0.1, -0.05) is 38.8 Å². The Morgan fingerprint density at radius 1 is 1.12 bits per heavy atom. The van der Waals surface area contributed by atoms with E-state index in [1.165, 1.54) is 37.7 Å². The third kappa shape index (κ3) is 3.24. The third-order valence-electron chi connectivity index (χ3n) is 4.10. The summed E-state index contributed by atoms with van der Waals surface area (Å²) in [4.78, 5) is 0. The van der Waals surface area contributed by atoms with Gasteiger partial charge >= 0.3 is 0 Å². The van der Waals surface area contributed by atoms with Crippen LogP contribution in [0.15, 0.2) is 24.3 Å². The summed E-state index contributed by atoms with van der Waals surface area (Å²) in [6, 6.07) is 7.84. The SMILES string of the molecule is CCCC1CC(C)CC(c2ccc(O)cc2)C1. The predicted molar refractivity (Wildman–Crippen MR) is 72.3 cm³/mol. The van der Waals surface area contributed by atoms with Crippen LogP contribution in [-0.4, -0.2) is 5.11 Å². The van der Waals surface area contributed by atoms with Gasteiger partial charge in [0.1, 0.15) is 5.75 Å². The molecule has 0 aliphatic heterocycles. The zero-order chi connectivity index (χ0) is 12.3. The summed E-state index contributed by atoms with van der Waals surface area (Å²) >= 11 is 0. The van der Waals surface area contributed by atoms with Crippen molar-refractivity contribution in [3.63, 3.8) is 0 Å². The van der Waals surface area contributed by atoms with E-state index in [-0.39, 0.29) is 0 Å². The lowest BCUT2D eigenvalue weighted by Crippen LogP contribution is -2.20. The molecule has 3 unspecified atom stereocenters. The first-order valence-electron chi connectivity index (χ1n) is 6.98. The maximum atomic E-state index is 9.34. The first kappa shape index (κ1) is 12.5. The van der Waals surface area contributed by atoms with E-state index in [0.717, 1.165) is 11.8 Å². The van der Waals surface area contributed by atoms with Crippen molar-refractivity contribution in [3.05, 3.63) is 29.8 Å². The van der Waals surface area contributed by atoms with Crippen LogP contribution >= 0.6 is 0 Å². The summed E-state index contributed by atoms with van der Waals surface area (Å²) in [6.45, 7) is 4.67. The van der Waals surface area contributed by atoms with Gasteiger partial charge in [-0.25, -0.2) is 0 Å². The highest BCUT2D eigenvalue weighted by Gasteiger charge is 2.26. The molecule has 0 radical (unpaired) electrons. The highest BCUT2D eigenvalue weighted by atomic mass is 16.3. The topological polar surface area (TPSA) is 20.2 Å². The second kappa shape index (κ2) is 5.57. The van der Waals surface area contributed by atoms with Crippen LogP contribution < -0.4 is 0 Å². The molecule has 0 saturated heterocycles. The van der Waals surface area contributed by atoms with Crippen molar-refractivity contribution in [1.29, 1.82) is 0 Å². The molecule has 1 aromatic rings. The Labute approximate surface area is 105 Å². The molecule has 1 aliphatic rings. The molecule has 0 aromatic heterocycles. The van der Waals surface area contributed by atoms with Crippen LogP contribution in [-0.2, 0) is 0 Å². The van der Waals surface area contributed by atoms with Gasteiger partial charge in [-0.15, -0.1) is 0 Å². The number of phenols is 1. The first-order valence-corrected chi connectivity index (χ1v) is 6.98. The molecule has 17 heavy (non-hydrogen) atoms. The van der Waals surface area contributed by atoms with Gasteiger partial charge in [0.2, 0.25) is 0 Å². The third-order valence-corrected chi connectivity index (χ3v) is 4.10. The van der Waals surface area contributed by atoms with E-state index in [9.17, 15) is 5.11 Å². The summed E-state index contributed by atoms with van der Waals surface area (Å²) in [5, 5.41) is 9.34. The number of rotatable bonds is 3. The lowest BCUT2D eigenvalue weighted by molar-refractivity contribution is 0.240. The van der Waals surface area contributed by atoms with Gasteiger partial charge in [0.05, 0.1) is 0 Å². The monoisotopic (exact) mass is 232 g/mol. The van der Waals surface area contributed by atoms with Crippen LogP contribution in [0, 0.1) is 11.8 Å². The van der Waals surface area contributed by atoms with Gasteiger partial charge < -0.3 is 5.11 Å². The molecule has 0 amide bonds. The van der Waals surface area contributed by atoms with Crippen LogP contribution in [0.5, 0.6) is 5.75 Å². The second-order valence-electron chi connectivity index (χ2n) is 5.76. The standard InChI is InChI=1S/C16H24O/c1-3-4-13-9-12(2)10-15(11-13)14-5-7-16(17)8-6-14/h5-8,12-13,15,17H,3-4,9-11H2,1-2H3. The van der Waals surface area contributed by atoms with Crippen LogP contribution in [0.25, 0.3) is 0 Å². The molecule has 94 valence electrons. The maximum Gasteiger partial charge on any atom is 0.115 e. The number of benzene rings is 1. The summed E-state index contributed by atoms with van der Waals surface area (Å²) in [5.74, 6) is 2.83. The van der Waals surface area contributed by atoms with Crippen LogP contribution in [0.1, 0.15) is 57.4 Å². The fraction of sp³-hybridized carbons (Fsp3) is 0.625. The van der Waals surface area contributed by atoms with Crippen molar-refractivity contribution < 1.29 is 5.11 Å². The van der Waals surface area contributed by atoms with Gasteiger partial charge in [0.25, 0.3) is 0 Å². The molecule has 1 saturated carbocycles. The van der Waals surface area contributed by atoms with Crippen LogP contribution in [0.3, 0.4) is 0 Å². The maximum absolute atomic E-state index is 9.34. The Kier molecular flexibility index (Phi) is 4.09. The minimum Gasteiger partial charge on any atom is -0.508 e. The van der Waals surface area contributed by atoms with E-state index >= 15 is 0 Å². The van der Waals surface area contributed by atoms with Gasteiger partial charge in [0, 0.05) is 0 Å². The molecule has 0 bridgehead atoms. The summed E-state index contributed by atoms with van der Waals surface area (Å²) in [6.07, 6.45) is 6.73. The molecule has 1 aromatic carbocycles. The Hall–Kier alpha value is -0.980. The van der Waals surface area contributed by atoms with Crippen molar-refractivity contribution in [2.75, 3.05) is 0 Å². The van der Waals surface area contributed by atoms with Crippen LogP contribution in [0.2, 0.25) is 0 Å². The average molecular weight is 232 g/mol. The number of aromatic hydroxyl groups is 1. The Balaban J connectivity index is 2.06. The molecular formula is C16H24O. The molecule has 1 fully saturated rings. The second-order valence-corrected chi connectivity index (χ2v) is 5.76.